The van der Waals surface area contributed by atoms with Gasteiger partial charge >= 0.3 is 12.4 Å². The van der Waals surface area contributed by atoms with Crippen molar-refractivity contribution < 1.29 is 22.7 Å². The van der Waals surface area contributed by atoms with Crippen molar-refractivity contribution in [3.8, 4) is 5.75 Å². The molecule has 24 heavy (non-hydrogen) atoms. The second-order valence-electron chi connectivity index (χ2n) is 6.17. The molecule has 1 atom stereocenters. The van der Waals surface area contributed by atoms with E-state index in [-0.39, 0.29) is 11.8 Å². The molecule has 2 heterocycles. The van der Waals surface area contributed by atoms with Crippen LogP contribution in [-0.4, -0.2) is 50.0 Å². The van der Waals surface area contributed by atoms with Crippen molar-refractivity contribution in [1.29, 1.82) is 0 Å². The van der Waals surface area contributed by atoms with Gasteiger partial charge in [0.05, 0.1) is 0 Å². The first-order valence-corrected chi connectivity index (χ1v) is 8.04. The molecule has 2 saturated heterocycles. The molecule has 1 N–H and O–H groups in total. The molecule has 5 nitrogen and oxygen atoms in total. The Kier molecular flexibility index (Phi) is 4.73. The number of hydrogen-bond acceptors (Lipinski definition) is 3. The SMILES string of the molecule is O=C(NCC1CCN(c2ccc(OC(F)(F)F)cc2)C1)N1CCC1. The molecule has 0 saturated carbocycles. The topological polar surface area (TPSA) is 44.8 Å². The number of nitrogens with zero attached hydrogens (tertiary/aromatic N) is 2. The normalized spacial score (nSPS) is 20.7. The number of likely N-dealkylation sites (tertiary alicyclic amines) is 1. The Balaban J connectivity index is 1.47. The summed E-state index contributed by atoms with van der Waals surface area (Å²) in [6, 6.07) is 5.89. The van der Waals surface area contributed by atoms with Gasteiger partial charge in [0.15, 0.2) is 0 Å². The fourth-order valence-electron chi connectivity index (χ4n) is 2.96. The minimum atomic E-state index is -4.67. The molecule has 0 bridgehead atoms. The molecular formula is C16H20F3N3O2. The zero-order chi connectivity index (χ0) is 17.2. The van der Waals surface area contributed by atoms with Crippen molar-refractivity contribution in [3.05, 3.63) is 24.3 Å². The number of amides is 2. The summed E-state index contributed by atoms with van der Waals surface area (Å²) >= 11 is 0. The van der Waals surface area contributed by atoms with Crippen LogP contribution in [0.15, 0.2) is 24.3 Å². The molecule has 1 aromatic rings. The maximum absolute atomic E-state index is 12.2. The lowest BCUT2D eigenvalue weighted by Crippen LogP contribution is -2.48. The molecule has 2 fully saturated rings. The van der Waals surface area contributed by atoms with E-state index >= 15 is 0 Å². The van der Waals surface area contributed by atoms with Crippen LogP contribution >= 0.6 is 0 Å². The van der Waals surface area contributed by atoms with Gasteiger partial charge in [0.25, 0.3) is 0 Å². The van der Waals surface area contributed by atoms with Crippen LogP contribution in [0.4, 0.5) is 23.7 Å². The lowest BCUT2D eigenvalue weighted by Gasteiger charge is -2.31. The number of urea groups is 1. The number of benzene rings is 1. The third-order valence-corrected chi connectivity index (χ3v) is 4.41. The van der Waals surface area contributed by atoms with E-state index in [9.17, 15) is 18.0 Å². The highest BCUT2D eigenvalue weighted by Crippen LogP contribution is 2.28. The summed E-state index contributed by atoms with van der Waals surface area (Å²) in [5, 5.41) is 2.95. The van der Waals surface area contributed by atoms with Gasteiger partial charge in [-0.25, -0.2) is 4.79 Å². The summed E-state index contributed by atoms with van der Waals surface area (Å²) in [4.78, 5) is 15.7. The minimum Gasteiger partial charge on any atom is -0.406 e. The average molecular weight is 343 g/mol. The number of nitrogens with one attached hydrogen (secondary N) is 1. The quantitative estimate of drug-likeness (QED) is 0.914. The van der Waals surface area contributed by atoms with Gasteiger partial charge in [-0.15, -0.1) is 13.2 Å². The van der Waals surface area contributed by atoms with Gasteiger partial charge in [0.1, 0.15) is 5.75 Å². The van der Waals surface area contributed by atoms with Gasteiger partial charge < -0.3 is 19.9 Å². The first kappa shape index (κ1) is 16.7. The average Bonchev–Trinajstić information content (AvgIpc) is 2.91. The summed E-state index contributed by atoms with van der Waals surface area (Å²) in [7, 11) is 0. The van der Waals surface area contributed by atoms with Gasteiger partial charge in [0.2, 0.25) is 0 Å². The Bertz CT molecular complexity index is 573. The van der Waals surface area contributed by atoms with Crippen molar-refractivity contribution in [2.24, 2.45) is 5.92 Å². The highest BCUT2D eigenvalue weighted by atomic mass is 19.4. The number of alkyl halides is 3. The number of halogens is 3. The minimum absolute atomic E-state index is 0.00616. The molecule has 132 valence electrons. The summed E-state index contributed by atoms with van der Waals surface area (Å²) in [6.45, 7) is 3.88. The predicted octanol–water partition coefficient (Wildman–Crippen LogP) is 2.83. The van der Waals surface area contributed by atoms with Crippen LogP contribution in [0.2, 0.25) is 0 Å². The van der Waals surface area contributed by atoms with E-state index in [1.807, 2.05) is 0 Å². The Hall–Kier alpha value is -2.12. The number of rotatable bonds is 4. The van der Waals surface area contributed by atoms with Gasteiger partial charge in [-0.2, -0.15) is 0 Å². The monoisotopic (exact) mass is 343 g/mol. The molecular weight excluding hydrogens is 323 g/mol. The smallest absolute Gasteiger partial charge is 0.406 e. The van der Waals surface area contributed by atoms with Crippen molar-refractivity contribution in [1.82, 2.24) is 10.2 Å². The number of carbonyl (C=O) groups excluding carboxylic acids is 1. The summed E-state index contributed by atoms with van der Waals surface area (Å²) < 4.78 is 40.4. The second-order valence-corrected chi connectivity index (χ2v) is 6.17. The fraction of sp³-hybridized carbons (Fsp3) is 0.562. The number of ether oxygens (including phenoxy) is 1. The van der Waals surface area contributed by atoms with Gasteiger partial charge in [-0.1, -0.05) is 0 Å². The van der Waals surface area contributed by atoms with Crippen LogP contribution in [0.5, 0.6) is 5.75 Å². The van der Waals surface area contributed by atoms with Crippen molar-refractivity contribution in [3.63, 3.8) is 0 Å². The van der Waals surface area contributed by atoms with E-state index in [1.165, 1.54) is 12.1 Å². The van der Waals surface area contributed by atoms with Crippen LogP contribution < -0.4 is 15.0 Å². The molecule has 2 aliphatic heterocycles. The molecule has 3 rings (SSSR count). The molecule has 0 aromatic heterocycles. The van der Waals surface area contributed by atoms with Crippen LogP contribution in [0.25, 0.3) is 0 Å². The van der Waals surface area contributed by atoms with E-state index in [2.05, 4.69) is 15.0 Å². The summed E-state index contributed by atoms with van der Waals surface area (Å²) in [5.41, 5.74) is 0.862. The first-order valence-electron chi connectivity index (χ1n) is 8.04. The second kappa shape index (κ2) is 6.78. The number of anilines is 1. The standard InChI is InChI=1S/C16H20F3N3O2/c17-16(18,19)24-14-4-2-13(3-5-14)22-9-6-12(11-22)10-20-15(23)21-7-1-8-21/h2-5,12H,1,6-11H2,(H,20,23). The predicted molar refractivity (Wildman–Crippen MR) is 83.0 cm³/mol. The van der Waals surface area contributed by atoms with E-state index in [4.69, 9.17) is 0 Å². The molecule has 2 amide bonds. The van der Waals surface area contributed by atoms with Gasteiger partial charge in [-0.3, -0.25) is 0 Å². The molecule has 1 unspecified atom stereocenters. The molecule has 0 radical (unpaired) electrons. The van der Waals surface area contributed by atoms with Crippen LogP contribution in [0.1, 0.15) is 12.8 Å². The van der Waals surface area contributed by atoms with Crippen molar-refractivity contribution in [2.75, 3.05) is 37.6 Å². The highest BCUT2D eigenvalue weighted by molar-refractivity contribution is 5.74. The summed E-state index contributed by atoms with van der Waals surface area (Å²) in [5.74, 6) is 0.130. The van der Waals surface area contributed by atoms with Gasteiger partial charge in [0, 0.05) is 38.4 Å². The lowest BCUT2D eigenvalue weighted by molar-refractivity contribution is -0.274. The Labute approximate surface area is 138 Å². The highest BCUT2D eigenvalue weighted by Gasteiger charge is 2.31. The van der Waals surface area contributed by atoms with E-state index in [0.717, 1.165) is 44.7 Å². The zero-order valence-corrected chi connectivity index (χ0v) is 13.2. The van der Waals surface area contributed by atoms with E-state index < -0.39 is 6.36 Å². The Morgan fingerprint density at radius 3 is 2.50 bits per heavy atom. The maximum Gasteiger partial charge on any atom is 0.573 e. The van der Waals surface area contributed by atoms with Crippen molar-refractivity contribution >= 4 is 11.7 Å². The van der Waals surface area contributed by atoms with E-state index in [1.54, 1.807) is 17.0 Å². The summed E-state index contributed by atoms with van der Waals surface area (Å²) in [6.07, 6.45) is -2.66. The Morgan fingerprint density at radius 1 is 1.21 bits per heavy atom. The molecule has 1 aromatic carbocycles. The molecule has 0 aliphatic carbocycles. The Morgan fingerprint density at radius 2 is 1.92 bits per heavy atom. The zero-order valence-electron chi connectivity index (χ0n) is 13.2. The van der Waals surface area contributed by atoms with Crippen LogP contribution in [-0.2, 0) is 0 Å². The van der Waals surface area contributed by atoms with Crippen LogP contribution in [0, 0.1) is 5.92 Å². The fourth-order valence-corrected chi connectivity index (χ4v) is 2.96. The van der Waals surface area contributed by atoms with Crippen LogP contribution in [0.3, 0.4) is 0 Å². The maximum atomic E-state index is 12.2. The first-order chi connectivity index (χ1) is 11.4. The van der Waals surface area contributed by atoms with Crippen molar-refractivity contribution in [2.45, 2.75) is 19.2 Å². The third-order valence-electron chi connectivity index (χ3n) is 4.41. The lowest BCUT2D eigenvalue weighted by atomic mass is 10.1. The number of hydrogen-bond donors (Lipinski definition) is 1. The largest absolute Gasteiger partial charge is 0.573 e. The van der Waals surface area contributed by atoms with E-state index in [0.29, 0.717) is 12.5 Å². The van der Waals surface area contributed by atoms with Gasteiger partial charge in [-0.05, 0) is 43.0 Å². The molecule has 2 aliphatic rings. The number of carbonyl (C=O) groups is 1. The third kappa shape index (κ3) is 4.24. The molecule has 8 heteroatoms. The molecule has 0 spiro atoms.